The highest BCUT2D eigenvalue weighted by atomic mass is 32.2. The Labute approximate surface area is 180 Å². The zero-order valence-electron chi connectivity index (χ0n) is 17.1. The second kappa shape index (κ2) is 8.23. The van der Waals surface area contributed by atoms with E-state index in [2.05, 4.69) is 9.71 Å². The van der Waals surface area contributed by atoms with Gasteiger partial charge >= 0.3 is 5.97 Å². The summed E-state index contributed by atoms with van der Waals surface area (Å²) >= 11 is 0. The van der Waals surface area contributed by atoms with Crippen LogP contribution in [0.5, 0.6) is 0 Å². The summed E-state index contributed by atoms with van der Waals surface area (Å²) in [7, 11) is -3.85. The van der Waals surface area contributed by atoms with Crippen LogP contribution in [0.3, 0.4) is 0 Å². The fourth-order valence-electron chi connectivity index (χ4n) is 3.21. The van der Waals surface area contributed by atoms with Gasteiger partial charge in [-0.25, -0.2) is 18.2 Å². The molecule has 0 radical (unpaired) electrons. The van der Waals surface area contributed by atoms with Crippen molar-refractivity contribution in [2.75, 3.05) is 4.72 Å². The lowest BCUT2D eigenvalue weighted by molar-refractivity contribution is 0.0468. The predicted molar refractivity (Wildman–Crippen MR) is 117 cm³/mol. The molecule has 158 valence electrons. The van der Waals surface area contributed by atoms with Crippen molar-refractivity contribution in [2.45, 2.75) is 25.3 Å². The highest BCUT2D eigenvalue weighted by Gasteiger charge is 2.18. The minimum atomic E-state index is -3.85. The molecule has 0 saturated carbocycles. The van der Waals surface area contributed by atoms with Crippen LogP contribution in [0, 0.1) is 13.8 Å². The number of sulfonamides is 1. The van der Waals surface area contributed by atoms with Gasteiger partial charge < -0.3 is 9.14 Å². The standard InChI is InChI=1S/C23H21N3O4S/c1-16-6-3-9-19(12-16)25-31(28,29)21-10-4-8-18(13-21)23(27)30-15-20-14-26-11-5-7-17(2)22(26)24-20/h3-14,25H,15H2,1-2H3. The molecule has 0 unspecified atom stereocenters. The minimum Gasteiger partial charge on any atom is -0.456 e. The van der Waals surface area contributed by atoms with Gasteiger partial charge in [-0.2, -0.15) is 0 Å². The molecule has 7 nitrogen and oxygen atoms in total. The number of aryl methyl sites for hydroxylation is 2. The Bertz CT molecular complexity index is 1380. The molecule has 2 heterocycles. The van der Waals surface area contributed by atoms with Crippen LogP contribution in [-0.4, -0.2) is 23.8 Å². The SMILES string of the molecule is Cc1cccc(NS(=O)(=O)c2cccc(C(=O)OCc3cn4cccc(C)c4n3)c2)c1. The van der Waals surface area contributed by atoms with Gasteiger partial charge in [-0.1, -0.05) is 24.3 Å². The van der Waals surface area contributed by atoms with Gasteiger partial charge in [-0.05, 0) is 61.4 Å². The molecule has 0 amide bonds. The van der Waals surface area contributed by atoms with E-state index in [0.717, 1.165) is 16.8 Å². The van der Waals surface area contributed by atoms with E-state index < -0.39 is 16.0 Å². The van der Waals surface area contributed by atoms with Gasteiger partial charge in [0.2, 0.25) is 0 Å². The number of carbonyl (C=O) groups is 1. The van der Waals surface area contributed by atoms with E-state index in [1.165, 1.54) is 24.3 Å². The monoisotopic (exact) mass is 435 g/mol. The largest absolute Gasteiger partial charge is 0.456 e. The molecule has 0 fully saturated rings. The third-order valence-corrected chi connectivity index (χ3v) is 6.11. The van der Waals surface area contributed by atoms with Crippen LogP contribution in [0.25, 0.3) is 5.65 Å². The molecule has 31 heavy (non-hydrogen) atoms. The van der Waals surface area contributed by atoms with Crippen LogP contribution < -0.4 is 4.72 Å². The molecular formula is C23H21N3O4S. The summed E-state index contributed by atoms with van der Waals surface area (Å²) in [6.07, 6.45) is 3.67. The van der Waals surface area contributed by atoms with Crippen LogP contribution in [0.2, 0.25) is 0 Å². The number of benzene rings is 2. The van der Waals surface area contributed by atoms with E-state index in [4.69, 9.17) is 4.74 Å². The van der Waals surface area contributed by atoms with Crippen molar-refractivity contribution >= 4 is 27.3 Å². The number of rotatable bonds is 6. The Morgan fingerprint density at radius 3 is 2.65 bits per heavy atom. The summed E-state index contributed by atoms with van der Waals surface area (Å²) in [5.74, 6) is -0.624. The Morgan fingerprint density at radius 1 is 1.06 bits per heavy atom. The van der Waals surface area contributed by atoms with E-state index in [-0.39, 0.29) is 17.1 Å². The second-order valence-electron chi connectivity index (χ2n) is 7.23. The molecule has 1 N–H and O–H groups in total. The molecule has 0 spiro atoms. The number of ether oxygens (including phenoxy) is 1. The third-order valence-electron chi connectivity index (χ3n) is 4.73. The van der Waals surface area contributed by atoms with Gasteiger partial charge in [0.25, 0.3) is 10.0 Å². The van der Waals surface area contributed by atoms with Gasteiger partial charge in [-0.15, -0.1) is 0 Å². The maximum absolute atomic E-state index is 12.7. The first-order valence-corrected chi connectivity index (χ1v) is 11.1. The van der Waals surface area contributed by atoms with E-state index >= 15 is 0 Å². The molecule has 0 saturated heterocycles. The van der Waals surface area contributed by atoms with Crippen molar-refractivity contribution in [1.82, 2.24) is 9.38 Å². The number of anilines is 1. The number of nitrogens with zero attached hydrogens (tertiary/aromatic N) is 2. The van der Waals surface area contributed by atoms with Crippen molar-refractivity contribution in [2.24, 2.45) is 0 Å². The van der Waals surface area contributed by atoms with Gasteiger partial charge in [0.1, 0.15) is 12.3 Å². The van der Waals surface area contributed by atoms with Crippen molar-refractivity contribution < 1.29 is 17.9 Å². The predicted octanol–water partition coefficient (Wildman–Crippen LogP) is 4.11. The normalized spacial score (nSPS) is 11.4. The first-order valence-electron chi connectivity index (χ1n) is 9.62. The van der Waals surface area contributed by atoms with E-state index in [0.29, 0.717) is 11.4 Å². The van der Waals surface area contributed by atoms with Crippen LogP contribution in [0.15, 0.2) is 78.0 Å². The van der Waals surface area contributed by atoms with Gasteiger partial charge in [0, 0.05) is 18.1 Å². The number of fused-ring (bicyclic) bond motifs is 1. The molecule has 2 aromatic heterocycles. The third kappa shape index (κ3) is 4.59. The summed E-state index contributed by atoms with van der Waals surface area (Å²) in [6.45, 7) is 3.81. The second-order valence-corrected chi connectivity index (χ2v) is 8.92. The van der Waals surface area contributed by atoms with Crippen LogP contribution >= 0.6 is 0 Å². The summed E-state index contributed by atoms with van der Waals surface area (Å²) in [5.41, 5.74) is 3.94. The Morgan fingerprint density at radius 2 is 1.87 bits per heavy atom. The Kier molecular flexibility index (Phi) is 5.48. The average molecular weight is 436 g/mol. The smallest absolute Gasteiger partial charge is 0.338 e. The first-order chi connectivity index (χ1) is 14.8. The molecule has 0 aliphatic heterocycles. The number of imidazole rings is 1. The fraction of sp³-hybridized carbons (Fsp3) is 0.130. The zero-order valence-corrected chi connectivity index (χ0v) is 17.9. The molecular weight excluding hydrogens is 414 g/mol. The number of hydrogen-bond acceptors (Lipinski definition) is 5. The molecule has 0 aliphatic rings. The van der Waals surface area contributed by atoms with Crippen LogP contribution in [0.4, 0.5) is 5.69 Å². The van der Waals surface area contributed by atoms with Crippen LogP contribution in [-0.2, 0) is 21.4 Å². The van der Waals surface area contributed by atoms with Crippen molar-refractivity contribution in [1.29, 1.82) is 0 Å². The summed E-state index contributed by atoms with van der Waals surface area (Å²) < 4.78 is 35.2. The highest BCUT2D eigenvalue weighted by Crippen LogP contribution is 2.19. The lowest BCUT2D eigenvalue weighted by atomic mass is 10.2. The number of aromatic nitrogens is 2. The summed E-state index contributed by atoms with van der Waals surface area (Å²) in [4.78, 5) is 17.0. The average Bonchev–Trinajstić information content (AvgIpc) is 3.16. The Hall–Kier alpha value is -3.65. The van der Waals surface area contributed by atoms with Gasteiger partial charge in [0.05, 0.1) is 16.2 Å². The fourth-order valence-corrected chi connectivity index (χ4v) is 4.30. The lowest BCUT2D eigenvalue weighted by Crippen LogP contribution is -2.14. The van der Waals surface area contributed by atoms with Gasteiger partial charge in [-0.3, -0.25) is 4.72 Å². The maximum Gasteiger partial charge on any atom is 0.338 e. The van der Waals surface area contributed by atoms with Crippen molar-refractivity contribution in [3.63, 3.8) is 0 Å². The van der Waals surface area contributed by atoms with Gasteiger partial charge in [0.15, 0.2) is 0 Å². The number of carbonyl (C=O) groups excluding carboxylic acids is 1. The maximum atomic E-state index is 12.7. The van der Waals surface area contributed by atoms with Crippen LogP contribution in [0.1, 0.15) is 27.2 Å². The number of nitrogens with one attached hydrogen (secondary N) is 1. The number of pyridine rings is 1. The number of hydrogen-bond donors (Lipinski definition) is 1. The molecule has 4 rings (SSSR count). The van der Waals surface area contributed by atoms with Crippen molar-refractivity contribution in [3.8, 4) is 0 Å². The molecule has 8 heteroatoms. The molecule has 0 aliphatic carbocycles. The van der Waals surface area contributed by atoms with E-state index in [9.17, 15) is 13.2 Å². The highest BCUT2D eigenvalue weighted by molar-refractivity contribution is 7.92. The molecule has 0 bridgehead atoms. The molecule has 0 atom stereocenters. The zero-order chi connectivity index (χ0) is 22.0. The van der Waals surface area contributed by atoms with E-state index in [1.807, 2.05) is 42.6 Å². The molecule has 2 aromatic carbocycles. The molecule has 4 aromatic rings. The quantitative estimate of drug-likeness (QED) is 0.461. The summed E-state index contributed by atoms with van der Waals surface area (Å²) in [6, 6.07) is 16.7. The first kappa shape index (κ1) is 20.6. The van der Waals surface area contributed by atoms with Crippen molar-refractivity contribution in [3.05, 3.63) is 95.4 Å². The topological polar surface area (TPSA) is 89.8 Å². The summed E-state index contributed by atoms with van der Waals surface area (Å²) in [5, 5.41) is 0. The number of esters is 1. The van der Waals surface area contributed by atoms with E-state index in [1.54, 1.807) is 24.4 Å². The lowest BCUT2D eigenvalue weighted by Gasteiger charge is -2.10. The Balaban J connectivity index is 1.49. The minimum absolute atomic E-state index is 0.0154.